The Labute approximate surface area is 91.3 Å². The molecule has 0 aliphatic carbocycles. The summed E-state index contributed by atoms with van der Waals surface area (Å²) in [4.78, 5) is 6.44. The Morgan fingerprint density at radius 1 is 1.73 bits per heavy atom. The zero-order chi connectivity index (χ0) is 11.1. The lowest BCUT2D eigenvalue weighted by Crippen LogP contribution is -1.84. The van der Waals surface area contributed by atoms with Crippen LogP contribution in [0.5, 0.6) is 0 Å². The average Bonchev–Trinajstić information content (AvgIpc) is 2.26. The predicted molar refractivity (Wildman–Crippen MR) is 57.0 cm³/mol. The fourth-order valence-corrected chi connectivity index (χ4v) is 1.05. The van der Waals surface area contributed by atoms with Gasteiger partial charge in [-0.2, -0.15) is 5.26 Å². The smallest absolute Gasteiger partial charge is 0.146 e. The summed E-state index contributed by atoms with van der Waals surface area (Å²) in [7, 11) is 0. The molecule has 6 heteroatoms. The Morgan fingerprint density at radius 2 is 2.53 bits per heavy atom. The molecule has 0 aliphatic rings. The number of nitrogens with zero attached hydrogens (tertiary/aromatic N) is 5. The van der Waals surface area contributed by atoms with Gasteiger partial charge in [-0.05, 0) is 17.2 Å². The van der Waals surface area contributed by atoms with Crippen molar-refractivity contribution in [3.63, 3.8) is 0 Å². The summed E-state index contributed by atoms with van der Waals surface area (Å²) in [6, 6.07) is 3.54. The minimum atomic E-state index is 0.185. The molecule has 1 rings (SSSR count). The molecule has 0 saturated heterocycles. The Morgan fingerprint density at radius 3 is 3.20 bits per heavy atom. The molecule has 74 valence electrons. The van der Waals surface area contributed by atoms with Gasteiger partial charge in [0.25, 0.3) is 0 Å². The van der Waals surface area contributed by atoms with Crippen molar-refractivity contribution in [2.24, 2.45) is 5.11 Å². The lowest BCUT2D eigenvalue weighted by atomic mass is 10.2. The number of aromatic nitrogens is 1. The van der Waals surface area contributed by atoms with Crippen LogP contribution in [0.1, 0.15) is 11.1 Å². The van der Waals surface area contributed by atoms with E-state index in [1.165, 1.54) is 6.20 Å². The maximum absolute atomic E-state index is 8.69. The molecule has 0 amide bonds. The van der Waals surface area contributed by atoms with E-state index in [1.54, 1.807) is 18.2 Å². The van der Waals surface area contributed by atoms with Crippen LogP contribution in [0.3, 0.4) is 0 Å². The molecular weight excluding hydrogens is 214 g/mol. The van der Waals surface area contributed by atoms with Crippen LogP contribution < -0.4 is 0 Å². The van der Waals surface area contributed by atoms with Crippen LogP contribution in [0.2, 0.25) is 5.15 Å². The minimum Gasteiger partial charge on any atom is -0.243 e. The number of halogens is 1. The first kappa shape index (κ1) is 11.1. The molecule has 0 bridgehead atoms. The second kappa shape index (κ2) is 5.66. The molecule has 1 aromatic rings. The van der Waals surface area contributed by atoms with Crippen molar-refractivity contribution in [1.82, 2.24) is 4.98 Å². The minimum absolute atomic E-state index is 0.185. The van der Waals surface area contributed by atoms with Gasteiger partial charge in [0.15, 0.2) is 0 Å². The highest BCUT2D eigenvalue weighted by molar-refractivity contribution is 6.30. The van der Waals surface area contributed by atoms with Gasteiger partial charge < -0.3 is 0 Å². The third kappa shape index (κ3) is 3.31. The number of azide groups is 1. The molecule has 15 heavy (non-hydrogen) atoms. The fourth-order valence-electron chi connectivity index (χ4n) is 0.906. The molecule has 0 unspecified atom stereocenters. The van der Waals surface area contributed by atoms with Crippen LogP contribution in [-0.2, 0) is 0 Å². The number of hydrogen-bond donors (Lipinski definition) is 0. The van der Waals surface area contributed by atoms with Crippen LogP contribution >= 0.6 is 11.6 Å². The van der Waals surface area contributed by atoms with Crippen LogP contribution in [0.4, 0.5) is 0 Å². The Kier molecular flexibility index (Phi) is 4.17. The molecule has 0 spiro atoms. The highest BCUT2D eigenvalue weighted by atomic mass is 35.5. The van der Waals surface area contributed by atoms with Crippen LogP contribution in [-0.4, -0.2) is 11.5 Å². The van der Waals surface area contributed by atoms with Gasteiger partial charge in [0.05, 0.1) is 5.56 Å². The van der Waals surface area contributed by atoms with Gasteiger partial charge >= 0.3 is 0 Å². The van der Waals surface area contributed by atoms with Gasteiger partial charge in [0, 0.05) is 17.7 Å². The number of nitriles is 1. The van der Waals surface area contributed by atoms with Crippen molar-refractivity contribution >= 4 is 17.7 Å². The lowest BCUT2D eigenvalue weighted by molar-refractivity contribution is 1.22. The van der Waals surface area contributed by atoms with Crippen LogP contribution in [0.25, 0.3) is 16.5 Å². The maximum Gasteiger partial charge on any atom is 0.146 e. The monoisotopic (exact) mass is 219 g/mol. The first-order valence-corrected chi connectivity index (χ1v) is 4.38. The van der Waals surface area contributed by atoms with Gasteiger partial charge in [-0.3, -0.25) is 0 Å². The van der Waals surface area contributed by atoms with E-state index in [1.807, 2.05) is 6.07 Å². The van der Waals surface area contributed by atoms with E-state index in [4.69, 9.17) is 22.4 Å². The van der Waals surface area contributed by atoms with Crippen LogP contribution in [0, 0.1) is 11.3 Å². The number of pyridine rings is 1. The first-order valence-electron chi connectivity index (χ1n) is 4.01. The van der Waals surface area contributed by atoms with Crippen molar-refractivity contribution < 1.29 is 0 Å². The fraction of sp³-hybridized carbons (Fsp3) is 0.111. The molecule has 0 aliphatic heterocycles. The van der Waals surface area contributed by atoms with E-state index in [0.29, 0.717) is 5.56 Å². The molecule has 1 heterocycles. The largest absolute Gasteiger partial charge is 0.243 e. The van der Waals surface area contributed by atoms with E-state index >= 15 is 0 Å². The Balaban J connectivity index is 2.84. The molecule has 0 radical (unpaired) electrons. The van der Waals surface area contributed by atoms with E-state index in [0.717, 1.165) is 5.56 Å². The zero-order valence-corrected chi connectivity index (χ0v) is 8.39. The summed E-state index contributed by atoms with van der Waals surface area (Å²) >= 11 is 5.66. The van der Waals surface area contributed by atoms with E-state index in [-0.39, 0.29) is 11.7 Å². The summed E-state index contributed by atoms with van der Waals surface area (Å²) in [5, 5.41) is 12.2. The van der Waals surface area contributed by atoms with Gasteiger partial charge in [-0.1, -0.05) is 28.9 Å². The summed E-state index contributed by atoms with van der Waals surface area (Å²) in [5.41, 5.74) is 9.10. The van der Waals surface area contributed by atoms with Gasteiger partial charge in [-0.25, -0.2) is 4.98 Å². The summed E-state index contributed by atoms with van der Waals surface area (Å²) in [6.45, 7) is 0.265. The Hall–Kier alpha value is -2.02. The van der Waals surface area contributed by atoms with Crippen molar-refractivity contribution in [1.29, 1.82) is 5.26 Å². The van der Waals surface area contributed by atoms with Crippen molar-refractivity contribution in [3.05, 3.63) is 45.1 Å². The first-order chi connectivity index (χ1) is 7.27. The quantitative estimate of drug-likeness (QED) is 0.339. The standard InChI is InChI=1S/C9H6ClN5/c10-9-8(5-11)4-7(6-13-9)2-1-3-14-15-12/h1-2,4,6H,3H2. The lowest BCUT2D eigenvalue weighted by Gasteiger charge is -1.95. The summed E-state index contributed by atoms with van der Waals surface area (Å²) in [6.07, 6.45) is 4.92. The average molecular weight is 220 g/mol. The predicted octanol–water partition coefficient (Wildman–Crippen LogP) is 2.93. The molecule has 0 atom stereocenters. The third-order valence-electron chi connectivity index (χ3n) is 1.54. The second-order valence-corrected chi connectivity index (χ2v) is 2.89. The van der Waals surface area contributed by atoms with Crippen molar-refractivity contribution in [2.75, 3.05) is 6.54 Å². The summed E-state index contributed by atoms with van der Waals surface area (Å²) < 4.78 is 0. The normalized spacial score (nSPS) is 9.60. The van der Waals surface area contributed by atoms with Crippen LogP contribution in [0.15, 0.2) is 23.5 Å². The summed E-state index contributed by atoms with van der Waals surface area (Å²) in [5.74, 6) is 0. The topological polar surface area (TPSA) is 85.4 Å². The van der Waals surface area contributed by atoms with Crippen molar-refractivity contribution in [2.45, 2.75) is 0 Å². The molecular formula is C9H6ClN5. The Bertz CT molecular complexity index is 468. The molecule has 0 saturated carbocycles. The SMILES string of the molecule is N#Cc1cc(C=CCN=[N+]=[N-])cnc1Cl. The van der Waals surface area contributed by atoms with E-state index in [9.17, 15) is 0 Å². The highest BCUT2D eigenvalue weighted by Crippen LogP contribution is 2.13. The van der Waals surface area contributed by atoms with Gasteiger partial charge in [0.1, 0.15) is 11.2 Å². The maximum atomic E-state index is 8.69. The number of hydrogen-bond acceptors (Lipinski definition) is 3. The second-order valence-electron chi connectivity index (χ2n) is 2.53. The number of rotatable bonds is 3. The highest BCUT2D eigenvalue weighted by Gasteiger charge is 1.99. The molecule has 5 nitrogen and oxygen atoms in total. The molecule has 0 N–H and O–H groups in total. The molecule has 1 aromatic heterocycles. The van der Waals surface area contributed by atoms with E-state index in [2.05, 4.69) is 15.0 Å². The molecule has 0 aromatic carbocycles. The molecule has 0 fully saturated rings. The zero-order valence-electron chi connectivity index (χ0n) is 7.63. The third-order valence-corrected chi connectivity index (χ3v) is 1.84. The van der Waals surface area contributed by atoms with Crippen molar-refractivity contribution in [3.8, 4) is 6.07 Å². The van der Waals surface area contributed by atoms with Gasteiger partial charge in [-0.15, -0.1) is 0 Å². The van der Waals surface area contributed by atoms with Gasteiger partial charge in [0.2, 0.25) is 0 Å². The van der Waals surface area contributed by atoms with E-state index < -0.39 is 0 Å².